The van der Waals surface area contributed by atoms with Crippen LogP contribution in [-0.2, 0) is 0 Å². The molecular formula is C24H34N6O2. The van der Waals surface area contributed by atoms with E-state index in [4.69, 9.17) is 15.3 Å². The highest BCUT2D eigenvalue weighted by Crippen LogP contribution is 2.29. The molecule has 2 bridgehead atoms. The summed E-state index contributed by atoms with van der Waals surface area (Å²) in [6.45, 7) is 6.52. The maximum Gasteiger partial charge on any atom is 0.314 e. The van der Waals surface area contributed by atoms with E-state index in [0.29, 0.717) is 36.2 Å². The molecule has 0 saturated carbocycles. The van der Waals surface area contributed by atoms with Gasteiger partial charge in [0.1, 0.15) is 12.4 Å². The molecule has 3 atom stereocenters. The second-order valence-corrected chi connectivity index (χ2v) is 8.93. The third-order valence-electron chi connectivity index (χ3n) is 6.22. The highest BCUT2D eigenvalue weighted by atomic mass is 16.5. The lowest BCUT2D eigenvalue weighted by molar-refractivity contribution is 0.0247. The van der Waals surface area contributed by atoms with Gasteiger partial charge in [-0.15, -0.1) is 0 Å². The Labute approximate surface area is 191 Å². The van der Waals surface area contributed by atoms with Crippen molar-refractivity contribution in [3.8, 4) is 17.9 Å². The topological polar surface area (TPSA) is 104 Å². The first-order valence-corrected chi connectivity index (χ1v) is 11.5. The Balaban J connectivity index is 1.51. The number of hydrogen-bond acceptors (Lipinski definition) is 6. The molecule has 32 heavy (non-hydrogen) atoms. The Morgan fingerprint density at radius 1 is 1.12 bits per heavy atom. The molecule has 0 aromatic heterocycles. The van der Waals surface area contributed by atoms with Gasteiger partial charge in [0.2, 0.25) is 0 Å². The van der Waals surface area contributed by atoms with Gasteiger partial charge in [0.05, 0.1) is 23.7 Å². The van der Waals surface area contributed by atoms with Crippen molar-refractivity contribution in [2.24, 2.45) is 11.8 Å². The Morgan fingerprint density at radius 2 is 1.81 bits per heavy atom. The molecule has 2 aliphatic rings. The van der Waals surface area contributed by atoms with Gasteiger partial charge in [-0.05, 0) is 61.9 Å². The number of likely N-dealkylation sites (tertiary alicyclic amines) is 2. The Bertz CT molecular complexity index is 801. The predicted molar refractivity (Wildman–Crippen MR) is 122 cm³/mol. The third-order valence-corrected chi connectivity index (χ3v) is 6.22. The Morgan fingerprint density at radius 3 is 2.44 bits per heavy atom. The molecule has 2 aliphatic heterocycles. The van der Waals surface area contributed by atoms with E-state index in [-0.39, 0.29) is 12.1 Å². The summed E-state index contributed by atoms with van der Waals surface area (Å²) in [6.07, 6.45) is 4.02. The number of hydrogen-bond donors (Lipinski definition) is 2. The van der Waals surface area contributed by atoms with Crippen molar-refractivity contribution in [1.29, 1.82) is 10.5 Å². The van der Waals surface area contributed by atoms with Crippen LogP contribution in [0.15, 0.2) is 24.3 Å². The highest BCUT2D eigenvalue weighted by Gasteiger charge is 2.34. The first-order chi connectivity index (χ1) is 15.6. The lowest BCUT2D eigenvalue weighted by Crippen LogP contribution is -2.56. The fraction of sp³-hybridized carbons (Fsp3) is 0.625. The zero-order valence-electron chi connectivity index (χ0n) is 18.9. The van der Waals surface area contributed by atoms with Crippen LogP contribution in [0.25, 0.3) is 0 Å². The fourth-order valence-corrected chi connectivity index (χ4v) is 4.90. The van der Waals surface area contributed by atoms with Crippen molar-refractivity contribution >= 4 is 6.03 Å². The molecule has 2 fully saturated rings. The lowest BCUT2D eigenvalue weighted by Gasteiger charge is -2.46. The summed E-state index contributed by atoms with van der Waals surface area (Å²) in [4.78, 5) is 17.0. The number of piperidine rings is 2. The first-order valence-electron chi connectivity index (χ1n) is 11.5. The minimum Gasteiger partial charge on any atom is -0.491 e. The molecule has 3 rings (SSSR count). The van der Waals surface area contributed by atoms with Gasteiger partial charge in [-0.1, -0.05) is 0 Å². The molecule has 1 aromatic rings. The summed E-state index contributed by atoms with van der Waals surface area (Å²) in [7, 11) is 1.62. The molecule has 2 N–H and O–H groups in total. The number of benzene rings is 1. The van der Waals surface area contributed by atoms with Crippen molar-refractivity contribution < 1.29 is 9.53 Å². The number of nitriles is 2. The quantitative estimate of drug-likeness (QED) is 0.543. The van der Waals surface area contributed by atoms with E-state index in [1.807, 2.05) is 0 Å². The van der Waals surface area contributed by atoms with E-state index >= 15 is 0 Å². The zero-order chi connectivity index (χ0) is 22.8. The van der Waals surface area contributed by atoms with Crippen molar-refractivity contribution in [2.75, 3.05) is 52.9 Å². The number of amides is 2. The van der Waals surface area contributed by atoms with Gasteiger partial charge in [-0.25, -0.2) is 4.79 Å². The van der Waals surface area contributed by atoms with Gasteiger partial charge >= 0.3 is 6.03 Å². The van der Waals surface area contributed by atoms with Crippen molar-refractivity contribution in [1.82, 2.24) is 20.4 Å². The fourth-order valence-electron chi connectivity index (χ4n) is 4.90. The molecule has 172 valence electrons. The van der Waals surface area contributed by atoms with Crippen molar-refractivity contribution in [2.45, 2.75) is 31.7 Å². The normalized spacial score (nSPS) is 21.7. The van der Waals surface area contributed by atoms with Gasteiger partial charge in [0.25, 0.3) is 0 Å². The molecule has 8 nitrogen and oxygen atoms in total. The first kappa shape index (κ1) is 23.8. The highest BCUT2D eigenvalue weighted by molar-refractivity contribution is 5.73. The summed E-state index contributed by atoms with van der Waals surface area (Å²) in [5.41, 5.74) is 0.594. The minimum atomic E-state index is -0.209. The number of urea groups is 1. The van der Waals surface area contributed by atoms with E-state index in [1.165, 1.54) is 6.42 Å². The molecule has 0 aliphatic carbocycles. The summed E-state index contributed by atoms with van der Waals surface area (Å²) in [5.74, 6) is 1.99. The number of rotatable bonds is 10. The molecule has 8 heteroatoms. The summed E-state index contributed by atoms with van der Waals surface area (Å²) >= 11 is 0. The number of unbranched alkanes of at least 4 members (excludes halogenated alkanes) is 2. The van der Waals surface area contributed by atoms with Gasteiger partial charge in [0, 0.05) is 46.2 Å². The van der Waals surface area contributed by atoms with E-state index in [1.54, 1.807) is 31.3 Å². The number of ether oxygens (including phenoxy) is 1. The van der Waals surface area contributed by atoms with Gasteiger partial charge in [-0.2, -0.15) is 10.5 Å². The smallest absolute Gasteiger partial charge is 0.314 e. The van der Waals surface area contributed by atoms with E-state index in [9.17, 15) is 4.79 Å². The molecule has 1 aromatic carbocycles. The zero-order valence-corrected chi connectivity index (χ0v) is 18.9. The monoisotopic (exact) mass is 438 g/mol. The molecule has 2 saturated heterocycles. The Kier molecular flexibility index (Phi) is 9.15. The Hall–Kier alpha value is -2.81. The van der Waals surface area contributed by atoms with Crippen LogP contribution < -0.4 is 15.4 Å². The third kappa shape index (κ3) is 7.40. The maximum absolute atomic E-state index is 12.0. The summed E-state index contributed by atoms with van der Waals surface area (Å²) < 4.78 is 5.92. The van der Waals surface area contributed by atoms with Crippen LogP contribution in [0.3, 0.4) is 0 Å². The van der Waals surface area contributed by atoms with Crippen LogP contribution in [-0.4, -0.2) is 74.8 Å². The second kappa shape index (κ2) is 12.3. The van der Waals surface area contributed by atoms with Gasteiger partial charge in [0.15, 0.2) is 0 Å². The van der Waals surface area contributed by atoms with Crippen molar-refractivity contribution in [3.63, 3.8) is 0 Å². The van der Waals surface area contributed by atoms with Crippen LogP contribution in [0.2, 0.25) is 0 Å². The summed E-state index contributed by atoms with van der Waals surface area (Å²) in [6, 6.07) is 11.0. The average Bonchev–Trinajstić information content (AvgIpc) is 2.80. The van der Waals surface area contributed by atoms with Crippen LogP contribution in [0, 0.1) is 34.5 Å². The SMILES string of the molecule is CNC(=O)NC(COc1ccc(C#N)cc1)CN1CC2CC(CN(CCCCC#N)C2)C1. The molecule has 0 radical (unpaired) electrons. The molecular weight excluding hydrogens is 404 g/mol. The molecule has 2 heterocycles. The number of fused-ring (bicyclic) bond motifs is 2. The largest absolute Gasteiger partial charge is 0.491 e. The van der Waals surface area contributed by atoms with Gasteiger partial charge < -0.3 is 25.2 Å². The average molecular weight is 439 g/mol. The van der Waals surface area contributed by atoms with Crippen LogP contribution in [0.5, 0.6) is 5.75 Å². The number of nitrogens with one attached hydrogen (secondary N) is 2. The van der Waals surface area contributed by atoms with Crippen LogP contribution in [0.1, 0.15) is 31.2 Å². The number of nitrogens with zero attached hydrogens (tertiary/aromatic N) is 4. The maximum atomic E-state index is 12.0. The molecule has 0 spiro atoms. The number of carbonyl (C=O) groups is 1. The van der Waals surface area contributed by atoms with Crippen LogP contribution >= 0.6 is 0 Å². The van der Waals surface area contributed by atoms with Crippen molar-refractivity contribution in [3.05, 3.63) is 29.8 Å². The molecule has 2 amide bonds. The number of carbonyl (C=O) groups excluding carboxylic acids is 1. The lowest BCUT2D eigenvalue weighted by atomic mass is 9.84. The van der Waals surface area contributed by atoms with E-state index < -0.39 is 0 Å². The predicted octanol–water partition coefficient (Wildman–Crippen LogP) is 2.18. The van der Waals surface area contributed by atoms with Crippen LogP contribution in [0.4, 0.5) is 4.79 Å². The van der Waals surface area contributed by atoms with E-state index in [0.717, 1.165) is 52.1 Å². The van der Waals surface area contributed by atoms with Gasteiger partial charge in [-0.3, -0.25) is 0 Å². The minimum absolute atomic E-state index is 0.133. The second-order valence-electron chi connectivity index (χ2n) is 8.93. The molecule has 3 unspecified atom stereocenters. The summed E-state index contributed by atoms with van der Waals surface area (Å²) in [5, 5.41) is 23.3. The standard InChI is InChI=1S/C24H34N6O2/c1-27-24(31)28-22(18-32-23-7-5-19(12-26)6-8-23)17-30-15-20-11-21(16-30)14-29(13-20)10-4-2-3-9-25/h5-8,20-22H,2-4,10-11,13-18H2,1H3,(H2,27,28,31). The van der Waals surface area contributed by atoms with E-state index in [2.05, 4.69) is 32.6 Å².